The largest absolute Gasteiger partial charge is 0.573 e. The Bertz CT molecular complexity index is 346. The van der Waals surface area contributed by atoms with Gasteiger partial charge in [0.15, 0.2) is 5.75 Å². The number of halogens is 5. The van der Waals surface area contributed by atoms with Crippen molar-refractivity contribution in [3.05, 3.63) is 22.2 Å². The van der Waals surface area contributed by atoms with Gasteiger partial charge in [-0.15, -0.1) is 24.8 Å². The Labute approximate surface area is 97.3 Å². The molecule has 84 valence electrons. The summed E-state index contributed by atoms with van der Waals surface area (Å²) in [5.41, 5.74) is 5.88. The summed E-state index contributed by atoms with van der Waals surface area (Å²) in [7, 11) is 0. The highest BCUT2D eigenvalue weighted by Gasteiger charge is 2.33. The zero-order valence-electron chi connectivity index (χ0n) is 7.24. The first kappa shape index (κ1) is 12.4. The average molecular weight is 304 g/mol. The summed E-state index contributed by atoms with van der Waals surface area (Å²) in [4.78, 5) is 0. The van der Waals surface area contributed by atoms with E-state index in [4.69, 9.17) is 17.3 Å². The van der Waals surface area contributed by atoms with Gasteiger partial charge >= 0.3 is 6.36 Å². The number of hydrogen-bond acceptors (Lipinski definition) is 2. The molecule has 0 heterocycles. The van der Waals surface area contributed by atoms with E-state index in [0.29, 0.717) is 5.56 Å². The zero-order chi connectivity index (χ0) is 11.6. The van der Waals surface area contributed by atoms with Crippen molar-refractivity contribution >= 4 is 33.2 Å². The molecule has 0 saturated heterocycles. The molecule has 0 atom stereocenters. The molecule has 1 aromatic rings. The Hall–Kier alpha value is -0.620. The number of ether oxygens (including phenoxy) is 1. The van der Waals surface area contributed by atoms with Crippen LogP contribution in [-0.4, -0.2) is 6.36 Å². The molecule has 2 N–H and O–H groups in total. The second kappa shape index (κ2) is 4.49. The van der Waals surface area contributed by atoms with E-state index in [1.54, 1.807) is 0 Å². The molecular formula is C8H6BrClF3NO. The molecule has 1 rings (SSSR count). The monoisotopic (exact) mass is 303 g/mol. The van der Waals surface area contributed by atoms with Crippen LogP contribution in [-0.2, 0) is 5.88 Å². The fraction of sp³-hybridized carbons (Fsp3) is 0.250. The summed E-state index contributed by atoms with van der Waals surface area (Å²) < 4.78 is 39.7. The number of nitrogens with two attached hydrogens (primary N) is 1. The maximum absolute atomic E-state index is 12.0. The number of benzene rings is 1. The van der Waals surface area contributed by atoms with Crippen LogP contribution in [0.1, 0.15) is 5.56 Å². The van der Waals surface area contributed by atoms with E-state index in [2.05, 4.69) is 20.7 Å². The van der Waals surface area contributed by atoms with E-state index in [-0.39, 0.29) is 16.0 Å². The van der Waals surface area contributed by atoms with Crippen LogP contribution in [0, 0.1) is 0 Å². The lowest BCUT2D eigenvalue weighted by Gasteiger charge is -2.13. The fourth-order valence-electron chi connectivity index (χ4n) is 0.974. The second-order valence-electron chi connectivity index (χ2n) is 2.68. The van der Waals surface area contributed by atoms with Gasteiger partial charge in [0.2, 0.25) is 0 Å². The molecule has 0 saturated carbocycles. The lowest BCUT2D eigenvalue weighted by atomic mass is 10.2. The van der Waals surface area contributed by atoms with Gasteiger partial charge < -0.3 is 10.5 Å². The summed E-state index contributed by atoms with van der Waals surface area (Å²) in [6.07, 6.45) is -4.76. The number of alkyl halides is 4. The first-order valence-electron chi connectivity index (χ1n) is 3.73. The molecule has 15 heavy (non-hydrogen) atoms. The van der Waals surface area contributed by atoms with Gasteiger partial charge in [0.05, 0.1) is 10.2 Å². The Balaban J connectivity index is 3.09. The highest BCUT2D eigenvalue weighted by Crippen LogP contribution is 2.36. The standard InChI is InChI=1S/C8H6BrClF3NO/c9-5-1-4(3-10)2-6(14)7(5)15-8(11,12)13/h1-2H,3,14H2. The van der Waals surface area contributed by atoms with Gasteiger partial charge in [-0.05, 0) is 33.6 Å². The molecule has 0 fully saturated rings. The van der Waals surface area contributed by atoms with E-state index in [9.17, 15) is 13.2 Å². The summed E-state index contributed by atoms with van der Waals surface area (Å²) >= 11 is 8.44. The van der Waals surface area contributed by atoms with E-state index in [1.165, 1.54) is 12.1 Å². The predicted molar refractivity (Wildman–Crippen MR) is 54.8 cm³/mol. The SMILES string of the molecule is Nc1cc(CCl)cc(Br)c1OC(F)(F)F. The number of nitrogen functional groups attached to an aromatic ring is 1. The third kappa shape index (κ3) is 3.46. The highest BCUT2D eigenvalue weighted by atomic mass is 79.9. The molecule has 2 nitrogen and oxygen atoms in total. The van der Waals surface area contributed by atoms with Crippen LogP contribution >= 0.6 is 27.5 Å². The predicted octanol–water partition coefficient (Wildman–Crippen LogP) is 3.67. The first-order valence-corrected chi connectivity index (χ1v) is 5.06. The minimum absolute atomic E-state index is 0.114. The van der Waals surface area contributed by atoms with Crippen molar-refractivity contribution in [3.8, 4) is 5.75 Å². The maximum atomic E-state index is 12.0. The molecule has 0 amide bonds. The molecule has 0 aliphatic rings. The Morgan fingerprint density at radius 3 is 2.40 bits per heavy atom. The van der Waals surface area contributed by atoms with Crippen molar-refractivity contribution in [1.82, 2.24) is 0 Å². The molecule has 0 aromatic heterocycles. The van der Waals surface area contributed by atoms with Crippen LogP contribution < -0.4 is 10.5 Å². The first-order chi connectivity index (χ1) is 6.83. The van der Waals surface area contributed by atoms with Crippen molar-refractivity contribution in [1.29, 1.82) is 0 Å². The van der Waals surface area contributed by atoms with Crippen molar-refractivity contribution in [3.63, 3.8) is 0 Å². The smallest absolute Gasteiger partial charge is 0.402 e. The van der Waals surface area contributed by atoms with E-state index in [1.807, 2.05) is 0 Å². The third-order valence-electron chi connectivity index (χ3n) is 1.50. The number of anilines is 1. The maximum Gasteiger partial charge on any atom is 0.573 e. The third-order valence-corrected chi connectivity index (χ3v) is 2.40. The molecule has 0 aliphatic heterocycles. The molecule has 0 aliphatic carbocycles. The van der Waals surface area contributed by atoms with Gasteiger partial charge in [-0.2, -0.15) is 0 Å². The van der Waals surface area contributed by atoms with Crippen molar-refractivity contribution < 1.29 is 17.9 Å². The summed E-state index contributed by atoms with van der Waals surface area (Å²) in [6, 6.07) is 2.75. The number of hydrogen-bond donors (Lipinski definition) is 1. The highest BCUT2D eigenvalue weighted by molar-refractivity contribution is 9.10. The lowest BCUT2D eigenvalue weighted by Crippen LogP contribution is -2.18. The Morgan fingerprint density at radius 1 is 1.40 bits per heavy atom. The lowest BCUT2D eigenvalue weighted by molar-refractivity contribution is -0.274. The van der Waals surface area contributed by atoms with Crippen LogP contribution in [0.15, 0.2) is 16.6 Å². The zero-order valence-corrected chi connectivity index (χ0v) is 9.58. The average Bonchev–Trinajstić information content (AvgIpc) is 2.09. The minimum Gasteiger partial charge on any atom is -0.402 e. The number of rotatable bonds is 2. The molecule has 0 bridgehead atoms. The minimum atomic E-state index is -4.76. The molecule has 0 spiro atoms. The molecule has 0 unspecified atom stereocenters. The van der Waals surface area contributed by atoms with E-state index in [0.717, 1.165) is 0 Å². The van der Waals surface area contributed by atoms with Gasteiger partial charge in [-0.1, -0.05) is 0 Å². The quantitative estimate of drug-likeness (QED) is 0.668. The van der Waals surface area contributed by atoms with Gasteiger partial charge in [-0.25, -0.2) is 0 Å². The van der Waals surface area contributed by atoms with Gasteiger partial charge in [0, 0.05) is 5.88 Å². The van der Waals surface area contributed by atoms with Crippen LogP contribution in [0.4, 0.5) is 18.9 Å². The molecule has 1 aromatic carbocycles. The van der Waals surface area contributed by atoms with Crippen molar-refractivity contribution in [2.24, 2.45) is 0 Å². The van der Waals surface area contributed by atoms with Crippen molar-refractivity contribution in [2.45, 2.75) is 12.2 Å². The summed E-state index contributed by atoms with van der Waals surface area (Å²) in [5.74, 6) is -0.286. The van der Waals surface area contributed by atoms with Gasteiger partial charge in [-0.3, -0.25) is 0 Å². The Kier molecular flexibility index (Phi) is 3.72. The second-order valence-corrected chi connectivity index (χ2v) is 3.80. The molecular weight excluding hydrogens is 298 g/mol. The van der Waals surface area contributed by atoms with Crippen LogP contribution in [0.25, 0.3) is 0 Å². The van der Waals surface area contributed by atoms with Crippen LogP contribution in [0.5, 0.6) is 5.75 Å². The normalized spacial score (nSPS) is 11.5. The molecule has 7 heteroatoms. The van der Waals surface area contributed by atoms with Crippen LogP contribution in [0.3, 0.4) is 0 Å². The van der Waals surface area contributed by atoms with Crippen LogP contribution in [0.2, 0.25) is 0 Å². The summed E-state index contributed by atoms with van der Waals surface area (Å²) in [6.45, 7) is 0. The fourth-order valence-corrected chi connectivity index (χ4v) is 1.73. The summed E-state index contributed by atoms with van der Waals surface area (Å²) in [5, 5.41) is 0. The van der Waals surface area contributed by atoms with Gasteiger partial charge in [0.1, 0.15) is 0 Å². The van der Waals surface area contributed by atoms with E-state index >= 15 is 0 Å². The van der Waals surface area contributed by atoms with Gasteiger partial charge in [0.25, 0.3) is 0 Å². The Morgan fingerprint density at radius 2 is 2.00 bits per heavy atom. The molecule has 0 radical (unpaired) electrons. The van der Waals surface area contributed by atoms with Crippen molar-refractivity contribution in [2.75, 3.05) is 5.73 Å². The topological polar surface area (TPSA) is 35.2 Å². The van der Waals surface area contributed by atoms with E-state index < -0.39 is 12.1 Å².